The van der Waals surface area contributed by atoms with Crippen molar-refractivity contribution in [1.82, 2.24) is 10.2 Å². The Morgan fingerprint density at radius 3 is 2.40 bits per heavy atom. The molecule has 3 N–H and O–H groups in total. The number of amides is 1. The second kappa shape index (κ2) is 4.49. The summed E-state index contributed by atoms with van der Waals surface area (Å²) in [5.74, 6) is 0.0964. The second-order valence-electron chi connectivity index (χ2n) is 4.90. The van der Waals surface area contributed by atoms with Crippen LogP contribution < -0.4 is 11.1 Å². The van der Waals surface area contributed by atoms with Gasteiger partial charge in [0.25, 0.3) is 0 Å². The highest BCUT2D eigenvalue weighted by atomic mass is 16.1. The highest BCUT2D eigenvalue weighted by Gasteiger charge is 2.33. The van der Waals surface area contributed by atoms with Crippen LogP contribution in [0.1, 0.15) is 32.6 Å². The van der Waals surface area contributed by atoms with Crippen LogP contribution in [0.15, 0.2) is 0 Å². The van der Waals surface area contributed by atoms with Gasteiger partial charge < -0.3 is 16.0 Å². The fourth-order valence-corrected chi connectivity index (χ4v) is 2.62. The largest absolute Gasteiger partial charge is 0.354 e. The van der Waals surface area contributed by atoms with E-state index in [0.717, 1.165) is 44.8 Å². The summed E-state index contributed by atoms with van der Waals surface area (Å²) in [6.45, 7) is 3.82. The summed E-state index contributed by atoms with van der Waals surface area (Å²) in [6, 6.07) is 1.55. The third-order valence-corrected chi connectivity index (χ3v) is 3.60. The van der Waals surface area contributed by atoms with Crippen LogP contribution in [0.2, 0.25) is 0 Å². The maximum Gasteiger partial charge on any atom is 0.217 e. The molecule has 1 saturated heterocycles. The second-order valence-corrected chi connectivity index (χ2v) is 4.90. The van der Waals surface area contributed by atoms with Crippen molar-refractivity contribution in [2.24, 2.45) is 5.73 Å². The van der Waals surface area contributed by atoms with Crippen LogP contribution in [0.4, 0.5) is 0 Å². The van der Waals surface area contributed by atoms with Gasteiger partial charge in [0.15, 0.2) is 0 Å². The van der Waals surface area contributed by atoms with Crippen molar-refractivity contribution in [3.63, 3.8) is 0 Å². The number of carbonyl (C=O) groups excluding carboxylic acids is 1. The van der Waals surface area contributed by atoms with Crippen molar-refractivity contribution in [2.75, 3.05) is 13.1 Å². The Kier molecular flexibility index (Phi) is 3.26. The molecule has 86 valence electrons. The molecule has 1 heterocycles. The maximum absolute atomic E-state index is 10.9. The molecule has 0 aromatic carbocycles. The number of carbonyl (C=O) groups is 1. The molecule has 4 nitrogen and oxygen atoms in total. The topological polar surface area (TPSA) is 58.4 Å². The fraction of sp³-hybridized carbons (Fsp3) is 0.909. The smallest absolute Gasteiger partial charge is 0.217 e. The lowest BCUT2D eigenvalue weighted by Gasteiger charge is -2.44. The number of piperidine rings is 1. The molecule has 0 spiro atoms. The molecule has 1 aliphatic carbocycles. The van der Waals surface area contributed by atoms with Gasteiger partial charge in [0.2, 0.25) is 5.91 Å². The Morgan fingerprint density at radius 1 is 1.33 bits per heavy atom. The Bertz CT molecular complexity index is 230. The van der Waals surface area contributed by atoms with E-state index in [9.17, 15) is 4.79 Å². The molecule has 2 fully saturated rings. The maximum atomic E-state index is 10.9. The van der Waals surface area contributed by atoms with Crippen molar-refractivity contribution in [1.29, 1.82) is 0 Å². The van der Waals surface area contributed by atoms with Gasteiger partial charge in [-0.2, -0.15) is 0 Å². The van der Waals surface area contributed by atoms with Gasteiger partial charge in [-0.1, -0.05) is 0 Å². The molecule has 0 unspecified atom stereocenters. The van der Waals surface area contributed by atoms with Gasteiger partial charge in [-0.25, -0.2) is 0 Å². The van der Waals surface area contributed by atoms with E-state index in [4.69, 9.17) is 5.73 Å². The van der Waals surface area contributed by atoms with Crippen LogP contribution in [-0.2, 0) is 4.79 Å². The number of hydrogen-bond donors (Lipinski definition) is 2. The van der Waals surface area contributed by atoms with E-state index in [0.29, 0.717) is 12.1 Å². The quantitative estimate of drug-likeness (QED) is 0.680. The van der Waals surface area contributed by atoms with Gasteiger partial charge in [0.05, 0.1) is 0 Å². The molecule has 1 aliphatic heterocycles. The van der Waals surface area contributed by atoms with Gasteiger partial charge in [0, 0.05) is 38.1 Å². The minimum absolute atomic E-state index is 0.0964. The Morgan fingerprint density at radius 2 is 1.93 bits per heavy atom. The lowest BCUT2D eigenvalue weighted by atomic mass is 9.85. The SMILES string of the molecule is CC(=O)NC1CCN(C2CC(N)C2)CC1. The Labute approximate surface area is 91.2 Å². The predicted molar refractivity (Wildman–Crippen MR) is 59.4 cm³/mol. The highest BCUT2D eigenvalue weighted by Crippen LogP contribution is 2.26. The molecule has 0 radical (unpaired) electrons. The molecule has 2 aliphatic rings. The molecule has 0 aromatic heterocycles. The van der Waals surface area contributed by atoms with Crippen molar-refractivity contribution >= 4 is 5.91 Å². The van der Waals surface area contributed by atoms with Crippen LogP contribution in [0.25, 0.3) is 0 Å². The summed E-state index contributed by atoms with van der Waals surface area (Å²) < 4.78 is 0. The van der Waals surface area contributed by atoms with Crippen LogP contribution >= 0.6 is 0 Å². The first kappa shape index (κ1) is 10.9. The minimum atomic E-state index is 0.0964. The van der Waals surface area contributed by atoms with Crippen molar-refractivity contribution in [3.05, 3.63) is 0 Å². The average molecular weight is 211 g/mol. The van der Waals surface area contributed by atoms with Crippen molar-refractivity contribution in [2.45, 2.75) is 50.7 Å². The summed E-state index contributed by atoms with van der Waals surface area (Å²) >= 11 is 0. The van der Waals surface area contributed by atoms with Gasteiger partial charge >= 0.3 is 0 Å². The number of nitrogens with two attached hydrogens (primary N) is 1. The molecular weight excluding hydrogens is 190 g/mol. The lowest BCUT2D eigenvalue weighted by molar-refractivity contribution is -0.120. The zero-order chi connectivity index (χ0) is 10.8. The lowest BCUT2D eigenvalue weighted by Crippen LogP contribution is -2.54. The predicted octanol–water partition coefficient (Wildman–Crippen LogP) is 0.0766. The summed E-state index contributed by atoms with van der Waals surface area (Å²) in [6.07, 6.45) is 4.49. The van der Waals surface area contributed by atoms with E-state index in [1.165, 1.54) is 0 Å². The third-order valence-electron chi connectivity index (χ3n) is 3.60. The number of likely N-dealkylation sites (tertiary alicyclic amines) is 1. The van der Waals surface area contributed by atoms with Gasteiger partial charge in [-0.15, -0.1) is 0 Å². The number of hydrogen-bond acceptors (Lipinski definition) is 3. The van der Waals surface area contributed by atoms with Crippen LogP contribution in [0.5, 0.6) is 0 Å². The van der Waals surface area contributed by atoms with Gasteiger partial charge in [-0.3, -0.25) is 4.79 Å². The van der Waals surface area contributed by atoms with Crippen LogP contribution in [-0.4, -0.2) is 42.0 Å². The highest BCUT2D eigenvalue weighted by molar-refractivity contribution is 5.73. The van der Waals surface area contributed by atoms with E-state index >= 15 is 0 Å². The first-order valence-corrected chi connectivity index (χ1v) is 5.92. The molecule has 0 atom stereocenters. The Balaban J connectivity index is 1.70. The first-order chi connectivity index (χ1) is 7.15. The Hall–Kier alpha value is -0.610. The summed E-state index contributed by atoms with van der Waals surface area (Å²) in [7, 11) is 0. The zero-order valence-corrected chi connectivity index (χ0v) is 9.41. The zero-order valence-electron chi connectivity index (χ0n) is 9.41. The van der Waals surface area contributed by atoms with Crippen molar-refractivity contribution < 1.29 is 4.79 Å². The van der Waals surface area contributed by atoms with Crippen LogP contribution in [0.3, 0.4) is 0 Å². The van der Waals surface area contributed by atoms with E-state index in [-0.39, 0.29) is 5.91 Å². The number of nitrogens with one attached hydrogen (secondary N) is 1. The number of rotatable bonds is 2. The summed E-state index contributed by atoms with van der Waals surface area (Å²) in [5.41, 5.74) is 5.79. The molecule has 1 saturated carbocycles. The normalized spacial score (nSPS) is 33.5. The molecule has 15 heavy (non-hydrogen) atoms. The fourth-order valence-electron chi connectivity index (χ4n) is 2.62. The standard InChI is InChI=1S/C11H21N3O/c1-8(15)13-10-2-4-14(5-3-10)11-6-9(12)7-11/h9-11H,2-7,12H2,1H3,(H,13,15). The van der Waals surface area contributed by atoms with Gasteiger partial charge in [-0.05, 0) is 25.7 Å². The molecular formula is C11H21N3O. The van der Waals surface area contributed by atoms with Crippen molar-refractivity contribution in [3.8, 4) is 0 Å². The van der Waals surface area contributed by atoms with E-state index in [1.54, 1.807) is 6.92 Å². The van der Waals surface area contributed by atoms with E-state index in [1.807, 2.05) is 0 Å². The molecule has 2 rings (SSSR count). The minimum Gasteiger partial charge on any atom is -0.354 e. The monoisotopic (exact) mass is 211 g/mol. The summed E-state index contributed by atoms with van der Waals surface area (Å²) in [4.78, 5) is 13.4. The third kappa shape index (κ3) is 2.69. The van der Waals surface area contributed by atoms with Gasteiger partial charge in [0.1, 0.15) is 0 Å². The molecule has 0 aromatic rings. The average Bonchev–Trinajstić information content (AvgIpc) is 2.14. The number of nitrogens with zero attached hydrogens (tertiary/aromatic N) is 1. The molecule has 0 bridgehead atoms. The molecule has 1 amide bonds. The first-order valence-electron chi connectivity index (χ1n) is 5.92. The summed E-state index contributed by atoms with van der Waals surface area (Å²) in [5, 5.41) is 3.00. The molecule has 4 heteroatoms. The van der Waals surface area contributed by atoms with Crippen LogP contribution in [0, 0.1) is 0 Å². The van der Waals surface area contributed by atoms with E-state index in [2.05, 4.69) is 10.2 Å². The van der Waals surface area contributed by atoms with E-state index < -0.39 is 0 Å².